The number of methoxy groups -OCH3 is 1. The van der Waals surface area contributed by atoms with Crippen molar-refractivity contribution >= 4 is 29.1 Å². The molecule has 36 heavy (non-hydrogen) atoms. The van der Waals surface area contributed by atoms with Crippen molar-refractivity contribution in [3.05, 3.63) is 23.8 Å². The first-order valence-corrected chi connectivity index (χ1v) is 13.5. The van der Waals surface area contributed by atoms with Crippen LogP contribution >= 0.6 is 0 Å². The number of rotatable bonds is 16. The number of hydrogen-bond donors (Lipinski definition) is 3. The first kappa shape index (κ1) is 27.8. The maximum atomic E-state index is 12.4. The fourth-order valence-electron chi connectivity index (χ4n) is 4.70. The van der Waals surface area contributed by atoms with Crippen LogP contribution in [0.4, 0.5) is 10.8 Å². The molecule has 3 N–H and O–H groups in total. The van der Waals surface area contributed by atoms with Gasteiger partial charge in [0.1, 0.15) is 5.52 Å². The number of carbonyl (C=O) groups is 2. The summed E-state index contributed by atoms with van der Waals surface area (Å²) in [5.74, 6) is -1.01. The number of amides is 2. The minimum Gasteiger partial charge on any atom is -0.478 e. The van der Waals surface area contributed by atoms with Crippen LogP contribution in [0.3, 0.4) is 0 Å². The van der Waals surface area contributed by atoms with Crippen molar-refractivity contribution in [2.45, 2.75) is 89.7 Å². The zero-order valence-electron chi connectivity index (χ0n) is 21.8. The van der Waals surface area contributed by atoms with Crippen LogP contribution < -0.4 is 15.5 Å². The van der Waals surface area contributed by atoms with Crippen LogP contribution in [-0.2, 0) is 4.74 Å². The summed E-state index contributed by atoms with van der Waals surface area (Å²) in [5.41, 5.74) is 1.16. The number of unbranched alkanes of at least 4 members (excludes halogenated alkanes) is 10. The lowest BCUT2D eigenvalue weighted by Gasteiger charge is -2.18. The van der Waals surface area contributed by atoms with E-state index in [0.717, 1.165) is 12.8 Å². The maximum absolute atomic E-state index is 12.4. The molecule has 0 spiro atoms. The van der Waals surface area contributed by atoms with Crippen LogP contribution in [0.25, 0.3) is 11.1 Å². The van der Waals surface area contributed by atoms with Crippen LogP contribution in [0.5, 0.6) is 0 Å². The Labute approximate surface area is 214 Å². The predicted molar refractivity (Wildman–Crippen MR) is 141 cm³/mol. The van der Waals surface area contributed by atoms with Crippen molar-refractivity contribution in [3.8, 4) is 0 Å². The number of carboxylic acids is 1. The molecular formula is C27H42N4O5. The molecule has 1 aliphatic rings. The molecule has 0 bridgehead atoms. The summed E-state index contributed by atoms with van der Waals surface area (Å²) in [5, 5.41) is 15.2. The van der Waals surface area contributed by atoms with Gasteiger partial charge < -0.3 is 29.8 Å². The third-order valence-electron chi connectivity index (χ3n) is 6.85. The summed E-state index contributed by atoms with van der Waals surface area (Å²) in [6.45, 7) is 3.91. The van der Waals surface area contributed by atoms with E-state index in [1.807, 2.05) is 4.90 Å². The van der Waals surface area contributed by atoms with Crippen molar-refractivity contribution in [1.82, 2.24) is 15.6 Å². The number of benzene rings is 1. The van der Waals surface area contributed by atoms with E-state index in [9.17, 15) is 14.7 Å². The molecule has 9 heteroatoms. The van der Waals surface area contributed by atoms with Gasteiger partial charge in [-0.2, -0.15) is 4.98 Å². The largest absolute Gasteiger partial charge is 0.478 e. The van der Waals surface area contributed by atoms with E-state index in [2.05, 4.69) is 22.5 Å². The average molecular weight is 503 g/mol. The zero-order valence-corrected chi connectivity index (χ0v) is 21.8. The van der Waals surface area contributed by atoms with Gasteiger partial charge >= 0.3 is 12.0 Å². The van der Waals surface area contributed by atoms with Crippen LogP contribution in [0.2, 0.25) is 0 Å². The molecule has 2 heterocycles. The molecule has 1 fully saturated rings. The Morgan fingerprint density at radius 2 is 1.72 bits per heavy atom. The van der Waals surface area contributed by atoms with Gasteiger partial charge in [0, 0.05) is 20.2 Å². The van der Waals surface area contributed by atoms with Crippen molar-refractivity contribution in [2.75, 3.05) is 31.6 Å². The van der Waals surface area contributed by atoms with Crippen LogP contribution in [0.1, 0.15) is 87.9 Å². The molecule has 2 amide bonds. The van der Waals surface area contributed by atoms with E-state index in [-0.39, 0.29) is 23.7 Å². The van der Waals surface area contributed by atoms with Gasteiger partial charge in [-0.05, 0) is 24.6 Å². The normalized spacial score (nSPS) is 17.6. The van der Waals surface area contributed by atoms with Gasteiger partial charge in [0.15, 0.2) is 5.58 Å². The van der Waals surface area contributed by atoms with Gasteiger partial charge in [-0.1, -0.05) is 71.1 Å². The number of ether oxygens (including phenoxy) is 1. The predicted octanol–water partition coefficient (Wildman–Crippen LogP) is 5.34. The van der Waals surface area contributed by atoms with E-state index in [0.29, 0.717) is 36.7 Å². The van der Waals surface area contributed by atoms with Crippen molar-refractivity contribution < 1.29 is 23.8 Å². The highest BCUT2D eigenvalue weighted by atomic mass is 16.5. The number of anilines is 1. The number of aromatic nitrogens is 1. The third kappa shape index (κ3) is 8.40. The first-order chi connectivity index (χ1) is 17.5. The molecule has 2 aromatic rings. The number of hydrogen-bond acceptors (Lipinski definition) is 6. The maximum Gasteiger partial charge on any atom is 0.335 e. The van der Waals surface area contributed by atoms with Crippen molar-refractivity contribution in [2.24, 2.45) is 0 Å². The summed E-state index contributed by atoms with van der Waals surface area (Å²) in [6.07, 6.45) is 13.8. The molecule has 2 atom stereocenters. The van der Waals surface area contributed by atoms with Gasteiger partial charge in [0.05, 0.1) is 24.3 Å². The molecule has 0 aliphatic carbocycles. The molecular weight excluding hydrogens is 460 g/mol. The number of fused-ring (bicyclic) bond motifs is 1. The van der Waals surface area contributed by atoms with E-state index in [1.54, 1.807) is 13.2 Å². The van der Waals surface area contributed by atoms with Gasteiger partial charge in [-0.15, -0.1) is 0 Å². The fraction of sp³-hybridized carbons (Fsp3) is 0.667. The van der Waals surface area contributed by atoms with Crippen LogP contribution in [0.15, 0.2) is 22.6 Å². The molecule has 3 rings (SSSR count). The molecule has 0 saturated carbocycles. The SMILES string of the molecule is CCCCCCCCCCCCCNC(=O)N[C@H]1CN(c2nc3cc(C(=O)O)ccc3o2)C[C@@H]1OC. The lowest BCUT2D eigenvalue weighted by molar-refractivity contribution is 0.0697. The van der Waals surface area contributed by atoms with E-state index >= 15 is 0 Å². The van der Waals surface area contributed by atoms with Crippen molar-refractivity contribution in [1.29, 1.82) is 0 Å². The third-order valence-corrected chi connectivity index (χ3v) is 6.85. The van der Waals surface area contributed by atoms with Gasteiger partial charge in [0.2, 0.25) is 0 Å². The summed E-state index contributed by atoms with van der Waals surface area (Å²) in [7, 11) is 1.62. The number of urea groups is 1. The van der Waals surface area contributed by atoms with Gasteiger partial charge in [-0.25, -0.2) is 9.59 Å². The molecule has 0 radical (unpaired) electrons. The Bertz CT molecular complexity index is 963. The van der Waals surface area contributed by atoms with Crippen LogP contribution in [-0.4, -0.2) is 61.0 Å². The Balaban J connectivity index is 1.34. The molecule has 0 unspecified atom stereocenters. The number of carboxylic acid groups (broad SMARTS) is 1. The molecule has 200 valence electrons. The Morgan fingerprint density at radius 3 is 2.36 bits per heavy atom. The highest BCUT2D eigenvalue weighted by molar-refractivity contribution is 5.92. The molecule has 1 aliphatic heterocycles. The Morgan fingerprint density at radius 1 is 1.06 bits per heavy atom. The topological polar surface area (TPSA) is 117 Å². The molecule has 9 nitrogen and oxygen atoms in total. The highest BCUT2D eigenvalue weighted by Crippen LogP contribution is 2.26. The minimum atomic E-state index is -1.01. The number of aromatic carboxylic acids is 1. The second-order valence-corrected chi connectivity index (χ2v) is 9.71. The van der Waals surface area contributed by atoms with Gasteiger partial charge in [0.25, 0.3) is 6.01 Å². The lowest BCUT2D eigenvalue weighted by atomic mass is 10.1. The summed E-state index contributed by atoms with van der Waals surface area (Å²) in [4.78, 5) is 30.0. The Hall–Kier alpha value is -2.81. The molecule has 1 aromatic heterocycles. The van der Waals surface area contributed by atoms with Crippen molar-refractivity contribution in [3.63, 3.8) is 0 Å². The fourth-order valence-corrected chi connectivity index (χ4v) is 4.70. The summed E-state index contributed by atoms with van der Waals surface area (Å²) >= 11 is 0. The summed E-state index contributed by atoms with van der Waals surface area (Å²) < 4.78 is 11.4. The van der Waals surface area contributed by atoms with E-state index < -0.39 is 5.97 Å². The number of oxazole rings is 1. The zero-order chi connectivity index (χ0) is 25.8. The van der Waals surface area contributed by atoms with Crippen LogP contribution in [0, 0.1) is 0 Å². The monoisotopic (exact) mass is 502 g/mol. The minimum absolute atomic E-state index is 0.160. The lowest BCUT2D eigenvalue weighted by Crippen LogP contribution is -2.48. The average Bonchev–Trinajstić information content (AvgIpc) is 3.48. The number of carbonyl (C=O) groups excluding carboxylic acids is 1. The quantitative estimate of drug-likeness (QED) is 0.265. The van der Waals surface area contributed by atoms with Gasteiger partial charge in [-0.3, -0.25) is 0 Å². The first-order valence-electron chi connectivity index (χ1n) is 13.5. The smallest absolute Gasteiger partial charge is 0.335 e. The molecule has 1 aromatic carbocycles. The van der Waals surface area contributed by atoms with E-state index in [1.165, 1.54) is 69.9 Å². The molecule has 1 saturated heterocycles. The number of nitrogens with one attached hydrogen (secondary N) is 2. The second kappa shape index (κ2) is 14.7. The highest BCUT2D eigenvalue weighted by Gasteiger charge is 2.36. The Kier molecular flexibility index (Phi) is 11.3. The standard InChI is InChI=1S/C27H42N4O5/c1-3-4-5-6-7-8-9-10-11-12-13-16-28-26(34)29-22-18-31(19-24(22)35-2)27-30-21-17-20(25(32)33)14-15-23(21)36-27/h14-15,17,22,24H,3-13,16,18-19H2,1-2H3,(H,32,33)(H2,28,29,34)/t22-,24-/m0/s1. The summed E-state index contributed by atoms with van der Waals surface area (Å²) in [6, 6.07) is 4.58. The number of nitrogens with zero attached hydrogens (tertiary/aromatic N) is 2. The second-order valence-electron chi connectivity index (χ2n) is 9.71. The van der Waals surface area contributed by atoms with E-state index in [4.69, 9.17) is 9.15 Å².